The molecular weight excluding hydrogens is 256 g/mol. The van der Waals surface area contributed by atoms with Gasteiger partial charge in [-0.25, -0.2) is 4.98 Å². The van der Waals surface area contributed by atoms with Crippen molar-refractivity contribution in [1.82, 2.24) is 9.55 Å². The Hall–Kier alpha value is -1.02. The summed E-state index contributed by atoms with van der Waals surface area (Å²) in [7, 11) is 0. The second-order valence-corrected chi connectivity index (χ2v) is 5.94. The Morgan fingerprint density at radius 1 is 1.21 bits per heavy atom. The molecule has 1 aromatic carbocycles. The summed E-state index contributed by atoms with van der Waals surface area (Å²) in [5.41, 5.74) is 3.65. The lowest BCUT2D eigenvalue weighted by Gasteiger charge is -2.19. The molecule has 0 unspecified atom stereocenters. The third-order valence-corrected chi connectivity index (χ3v) is 4.47. The van der Waals surface area contributed by atoms with Gasteiger partial charge in [0.05, 0.1) is 16.9 Å². The van der Waals surface area contributed by atoms with Crippen LogP contribution in [0.4, 0.5) is 0 Å². The van der Waals surface area contributed by atoms with Crippen molar-refractivity contribution in [3.63, 3.8) is 0 Å². The molecule has 1 saturated carbocycles. The maximum absolute atomic E-state index is 6.12. The van der Waals surface area contributed by atoms with E-state index >= 15 is 0 Å². The molecule has 0 bridgehead atoms. The van der Waals surface area contributed by atoms with Crippen LogP contribution in [0, 0.1) is 6.92 Å². The molecule has 19 heavy (non-hydrogen) atoms. The predicted molar refractivity (Wildman–Crippen MR) is 80.8 cm³/mol. The van der Waals surface area contributed by atoms with Crippen LogP contribution in [0.25, 0.3) is 11.0 Å². The first-order valence-electron chi connectivity index (χ1n) is 7.33. The van der Waals surface area contributed by atoms with Gasteiger partial charge in [0.15, 0.2) is 0 Å². The Balaban J connectivity index is 2.10. The Morgan fingerprint density at radius 3 is 2.63 bits per heavy atom. The molecule has 0 atom stereocenters. The molecule has 0 saturated heterocycles. The van der Waals surface area contributed by atoms with Crippen molar-refractivity contribution < 1.29 is 0 Å². The summed E-state index contributed by atoms with van der Waals surface area (Å²) in [5.74, 6) is 1.54. The fraction of sp³-hybridized carbons (Fsp3) is 0.562. The zero-order valence-corrected chi connectivity index (χ0v) is 12.3. The molecule has 3 heteroatoms. The molecule has 1 aliphatic rings. The van der Waals surface area contributed by atoms with E-state index in [9.17, 15) is 0 Å². The molecule has 0 N–H and O–H groups in total. The van der Waals surface area contributed by atoms with Crippen LogP contribution in [0.2, 0.25) is 0 Å². The van der Waals surface area contributed by atoms with Crippen LogP contribution < -0.4 is 0 Å². The van der Waals surface area contributed by atoms with Gasteiger partial charge in [-0.05, 0) is 37.5 Å². The molecule has 2 nitrogen and oxygen atoms in total. The highest BCUT2D eigenvalue weighted by Gasteiger charge is 2.20. The number of rotatable bonds is 2. The SMILES string of the molecule is Cc1ccc2nc(CCl)n(C3CCCCCC3)c2c1. The first kappa shape index (κ1) is 13.0. The molecule has 0 radical (unpaired) electrons. The zero-order chi connectivity index (χ0) is 13.2. The molecule has 2 aromatic rings. The number of alkyl halides is 1. The third-order valence-electron chi connectivity index (χ3n) is 4.23. The summed E-state index contributed by atoms with van der Waals surface area (Å²) in [5, 5.41) is 0. The van der Waals surface area contributed by atoms with Gasteiger partial charge in [-0.3, -0.25) is 0 Å². The largest absolute Gasteiger partial charge is 0.324 e. The average Bonchev–Trinajstić information content (AvgIpc) is 2.60. The van der Waals surface area contributed by atoms with E-state index in [2.05, 4.69) is 29.7 Å². The van der Waals surface area contributed by atoms with Gasteiger partial charge in [0.2, 0.25) is 0 Å². The summed E-state index contributed by atoms with van der Waals surface area (Å²) in [6.45, 7) is 2.14. The lowest BCUT2D eigenvalue weighted by Crippen LogP contribution is -2.11. The molecule has 1 fully saturated rings. The lowest BCUT2D eigenvalue weighted by atomic mass is 10.1. The Bertz CT molecular complexity index is 565. The number of hydrogen-bond donors (Lipinski definition) is 0. The molecule has 0 amide bonds. The quantitative estimate of drug-likeness (QED) is 0.559. The second kappa shape index (κ2) is 5.54. The van der Waals surface area contributed by atoms with Crippen molar-refractivity contribution >= 4 is 22.6 Å². The topological polar surface area (TPSA) is 17.8 Å². The number of hydrogen-bond acceptors (Lipinski definition) is 1. The number of fused-ring (bicyclic) bond motifs is 1. The van der Waals surface area contributed by atoms with Gasteiger partial charge >= 0.3 is 0 Å². The molecular formula is C16H21ClN2. The molecule has 1 heterocycles. The monoisotopic (exact) mass is 276 g/mol. The van der Waals surface area contributed by atoms with E-state index in [1.165, 1.54) is 49.6 Å². The van der Waals surface area contributed by atoms with Crippen LogP contribution in [0.1, 0.15) is 56.0 Å². The van der Waals surface area contributed by atoms with Gasteiger partial charge in [0, 0.05) is 6.04 Å². The van der Waals surface area contributed by atoms with Crippen molar-refractivity contribution in [2.75, 3.05) is 0 Å². The lowest BCUT2D eigenvalue weighted by molar-refractivity contribution is 0.444. The molecule has 1 aliphatic carbocycles. The van der Waals surface area contributed by atoms with Crippen LogP contribution in [-0.2, 0) is 5.88 Å². The highest BCUT2D eigenvalue weighted by Crippen LogP contribution is 2.32. The standard InChI is InChI=1S/C16H21ClN2/c1-12-8-9-14-15(10-12)19(16(11-17)18-14)13-6-4-2-3-5-7-13/h8-10,13H,2-7,11H2,1H3. The van der Waals surface area contributed by atoms with E-state index in [0.29, 0.717) is 11.9 Å². The van der Waals surface area contributed by atoms with E-state index in [1.54, 1.807) is 0 Å². The minimum Gasteiger partial charge on any atom is -0.324 e. The molecule has 3 rings (SSSR count). The van der Waals surface area contributed by atoms with Gasteiger partial charge in [0.1, 0.15) is 5.82 Å². The van der Waals surface area contributed by atoms with Crippen LogP contribution in [-0.4, -0.2) is 9.55 Å². The van der Waals surface area contributed by atoms with Crippen LogP contribution in [0.3, 0.4) is 0 Å². The van der Waals surface area contributed by atoms with E-state index in [-0.39, 0.29) is 0 Å². The maximum atomic E-state index is 6.12. The van der Waals surface area contributed by atoms with Gasteiger partial charge in [-0.2, -0.15) is 0 Å². The van der Waals surface area contributed by atoms with Crippen LogP contribution in [0.5, 0.6) is 0 Å². The number of imidazole rings is 1. The average molecular weight is 277 g/mol. The number of benzene rings is 1. The van der Waals surface area contributed by atoms with Gasteiger partial charge in [0.25, 0.3) is 0 Å². The molecule has 0 aliphatic heterocycles. The van der Waals surface area contributed by atoms with Crippen molar-refractivity contribution in [3.05, 3.63) is 29.6 Å². The van der Waals surface area contributed by atoms with Crippen molar-refractivity contribution in [2.24, 2.45) is 0 Å². The van der Waals surface area contributed by atoms with Crippen molar-refractivity contribution in [2.45, 2.75) is 57.4 Å². The van der Waals surface area contributed by atoms with E-state index < -0.39 is 0 Å². The fourth-order valence-corrected chi connectivity index (χ4v) is 3.46. The van der Waals surface area contributed by atoms with Gasteiger partial charge in [-0.15, -0.1) is 11.6 Å². The summed E-state index contributed by atoms with van der Waals surface area (Å²) in [6.07, 6.45) is 7.94. The number of aryl methyl sites for hydroxylation is 1. The molecule has 0 spiro atoms. The number of aromatic nitrogens is 2. The molecule has 1 aromatic heterocycles. The van der Waals surface area contributed by atoms with E-state index in [4.69, 9.17) is 16.6 Å². The van der Waals surface area contributed by atoms with E-state index in [0.717, 1.165) is 11.3 Å². The summed E-state index contributed by atoms with van der Waals surface area (Å²) >= 11 is 6.12. The summed E-state index contributed by atoms with van der Waals surface area (Å²) in [4.78, 5) is 4.71. The first-order chi connectivity index (χ1) is 9.29. The first-order valence-corrected chi connectivity index (χ1v) is 7.86. The van der Waals surface area contributed by atoms with Gasteiger partial charge < -0.3 is 4.57 Å². The minimum absolute atomic E-state index is 0.504. The van der Waals surface area contributed by atoms with Crippen molar-refractivity contribution in [1.29, 1.82) is 0 Å². The zero-order valence-electron chi connectivity index (χ0n) is 11.5. The predicted octanol–water partition coefficient (Wildman–Crippen LogP) is 4.98. The number of nitrogens with zero attached hydrogens (tertiary/aromatic N) is 2. The van der Waals surface area contributed by atoms with Gasteiger partial charge in [-0.1, -0.05) is 31.7 Å². The van der Waals surface area contributed by atoms with Crippen LogP contribution >= 0.6 is 11.6 Å². The van der Waals surface area contributed by atoms with E-state index in [1.807, 2.05) is 0 Å². The second-order valence-electron chi connectivity index (χ2n) is 5.67. The highest BCUT2D eigenvalue weighted by atomic mass is 35.5. The Kier molecular flexibility index (Phi) is 3.79. The molecule has 102 valence electrons. The smallest absolute Gasteiger partial charge is 0.125 e. The Labute approximate surface area is 119 Å². The van der Waals surface area contributed by atoms with Crippen molar-refractivity contribution in [3.8, 4) is 0 Å². The highest BCUT2D eigenvalue weighted by molar-refractivity contribution is 6.16. The van der Waals surface area contributed by atoms with Crippen LogP contribution in [0.15, 0.2) is 18.2 Å². The summed E-state index contributed by atoms with van der Waals surface area (Å²) in [6, 6.07) is 7.09. The third kappa shape index (κ3) is 2.51. The Morgan fingerprint density at radius 2 is 1.95 bits per heavy atom. The normalized spacial score (nSPS) is 17.8. The number of halogens is 1. The summed E-state index contributed by atoms with van der Waals surface area (Å²) < 4.78 is 2.42. The fourth-order valence-electron chi connectivity index (χ4n) is 3.27. The minimum atomic E-state index is 0.504. The maximum Gasteiger partial charge on any atom is 0.125 e.